The molecule has 1 aliphatic rings. The molecule has 166 valence electrons. The summed E-state index contributed by atoms with van der Waals surface area (Å²) in [5, 5.41) is 3.75. The number of nitrogens with zero attached hydrogens (tertiary/aromatic N) is 5. The number of benzene rings is 1. The van der Waals surface area contributed by atoms with Crippen LogP contribution in [0.1, 0.15) is 12.0 Å². The molecule has 1 aromatic carbocycles. The molecule has 8 nitrogen and oxygen atoms in total. The van der Waals surface area contributed by atoms with E-state index in [4.69, 9.17) is 5.73 Å². The Balaban J connectivity index is 1.65. The van der Waals surface area contributed by atoms with Crippen LogP contribution < -0.4 is 16.3 Å². The first-order valence-corrected chi connectivity index (χ1v) is 9.73. The summed E-state index contributed by atoms with van der Waals surface area (Å²) in [7, 11) is 1.71. The topological polar surface area (TPSA) is 99.0 Å². The first-order valence-electron chi connectivity index (χ1n) is 9.73. The molecule has 11 heteroatoms. The van der Waals surface area contributed by atoms with Gasteiger partial charge in [0.15, 0.2) is 11.6 Å². The minimum atomic E-state index is -1.98. The van der Waals surface area contributed by atoms with E-state index in [9.17, 15) is 22.8 Å². The molecular weight excluding hydrogens is 425 g/mol. The van der Waals surface area contributed by atoms with Crippen molar-refractivity contribution >= 4 is 11.6 Å². The van der Waals surface area contributed by atoms with Gasteiger partial charge in [-0.1, -0.05) is 6.07 Å². The lowest BCUT2D eigenvalue weighted by Crippen LogP contribution is -2.30. The number of carbonyl (C=O) groups is 1. The van der Waals surface area contributed by atoms with Crippen LogP contribution >= 0.6 is 0 Å². The minimum Gasteiger partial charge on any atom is -0.327 e. The summed E-state index contributed by atoms with van der Waals surface area (Å²) in [6.07, 6.45) is 1.44. The number of amides is 1. The molecule has 0 unspecified atom stereocenters. The molecule has 0 fully saturated rings. The van der Waals surface area contributed by atoms with Crippen molar-refractivity contribution in [3.05, 3.63) is 70.3 Å². The fourth-order valence-corrected chi connectivity index (χ4v) is 3.58. The number of carbonyl (C=O) groups excluding carboxylic acids is 1. The highest BCUT2D eigenvalue weighted by molar-refractivity contribution is 5.96. The number of halogens is 3. The molecule has 2 N–H and O–H groups in total. The molecule has 0 saturated heterocycles. The predicted molar refractivity (Wildman–Crippen MR) is 111 cm³/mol. The first kappa shape index (κ1) is 21.5. The molecule has 32 heavy (non-hydrogen) atoms. The Morgan fingerprint density at radius 2 is 1.94 bits per heavy atom. The average Bonchev–Trinajstić information content (AvgIpc) is 3.14. The largest absolute Gasteiger partial charge is 0.351 e. The van der Waals surface area contributed by atoms with E-state index in [2.05, 4.69) is 10.1 Å². The zero-order valence-corrected chi connectivity index (χ0v) is 17.1. The third-order valence-corrected chi connectivity index (χ3v) is 5.39. The summed E-state index contributed by atoms with van der Waals surface area (Å²) in [6.45, 7) is -0.940. The van der Waals surface area contributed by atoms with E-state index in [-0.39, 0.29) is 11.7 Å². The van der Waals surface area contributed by atoms with Crippen molar-refractivity contribution in [2.24, 2.45) is 5.73 Å². The molecular formula is C21H19F3N6O2. The highest BCUT2D eigenvalue weighted by atomic mass is 19.3. The molecule has 0 radical (unpaired) electrons. The number of aryl methyl sites for hydroxylation is 1. The van der Waals surface area contributed by atoms with Gasteiger partial charge in [-0.15, -0.1) is 0 Å². The Bertz CT molecular complexity index is 1290. The maximum Gasteiger partial charge on any atom is 0.351 e. The lowest BCUT2D eigenvalue weighted by Gasteiger charge is -2.26. The molecule has 1 amide bonds. The fourth-order valence-electron chi connectivity index (χ4n) is 3.58. The Hall–Kier alpha value is -3.73. The molecule has 3 aromatic rings. The van der Waals surface area contributed by atoms with Gasteiger partial charge in [0, 0.05) is 43.0 Å². The summed E-state index contributed by atoms with van der Waals surface area (Å²) in [6, 6.07) is 6.68. The summed E-state index contributed by atoms with van der Waals surface area (Å²) in [4.78, 5) is 30.0. The van der Waals surface area contributed by atoms with E-state index in [0.29, 0.717) is 24.0 Å². The molecule has 0 aliphatic carbocycles. The van der Waals surface area contributed by atoms with Gasteiger partial charge in [-0.2, -0.15) is 13.9 Å². The molecule has 0 saturated carbocycles. The summed E-state index contributed by atoms with van der Waals surface area (Å²) in [5.74, 6) is -1.04. The maximum atomic E-state index is 14.9. The van der Waals surface area contributed by atoms with Gasteiger partial charge in [0.2, 0.25) is 5.91 Å². The van der Waals surface area contributed by atoms with Crippen molar-refractivity contribution < 1.29 is 18.0 Å². The normalized spacial score (nSPS) is 13.3. The van der Waals surface area contributed by atoms with Gasteiger partial charge in [-0.25, -0.2) is 23.4 Å². The van der Waals surface area contributed by atoms with Gasteiger partial charge < -0.3 is 10.6 Å². The number of rotatable bonds is 5. The summed E-state index contributed by atoms with van der Waals surface area (Å²) < 4.78 is 42.1. The third kappa shape index (κ3) is 3.82. The average molecular weight is 444 g/mol. The second-order valence-electron chi connectivity index (χ2n) is 7.33. The van der Waals surface area contributed by atoms with Crippen LogP contribution in [0.3, 0.4) is 0 Å². The van der Waals surface area contributed by atoms with Crippen LogP contribution in [0.25, 0.3) is 16.9 Å². The van der Waals surface area contributed by atoms with E-state index in [0.717, 1.165) is 26.8 Å². The number of nitrogens with two attached hydrogens (primary N) is 1. The molecule has 0 atom stereocenters. The van der Waals surface area contributed by atoms with E-state index in [1.54, 1.807) is 24.1 Å². The van der Waals surface area contributed by atoms with E-state index in [1.165, 1.54) is 12.3 Å². The highest BCUT2D eigenvalue weighted by Crippen LogP contribution is 2.31. The Morgan fingerprint density at radius 1 is 1.16 bits per heavy atom. The molecule has 2 aromatic heterocycles. The highest BCUT2D eigenvalue weighted by Gasteiger charge is 2.21. The Labute approximate surface area is 180 Å². The number of fused-ring (bicyclic) bond motifs is 1. The van der Waals surface area contributed by atoms with Gasteiger partial charge in [-0.3, -0.25) is 4.79 Å². The number of pyridine rings is 1. The van der Waals surface area contributed by atoms with E-state index >= 15 is 0 Å². The van der Waals surface area contributed by atoms with Crippen LogP contribution in [-0.4, -0.2) is 38.8 Å². The van der Waals surface area contributed by atoms with Gasteiger partial charge in [0.25, 0.3) is 6.08 Å². The van der Waals surface area contributed by atoms with E-state index in [1.807, 2.05) is 6.07 Å². The zero-order valence-electron chi connectivity index (χ0n) is 17.1. The van der Waals surface area contributed by atoms with Gasteiger partial charge in [0.05, 0.1) is 6.54 Å². The van der Waals surface area contributed by atoms with Crippen molar-refractivity contribution in [3.63, 3.8) is 0 Å². The van der Waals surface area contributed by atoms with Crippen molar-refractivity contribution in [1.29, 1.82) is 0 Å². The fraction of sp³-hybridized carbons (Fsp3) is 0.238. The second kappa shape index (κ2) is 8.42. The standard InChI is InChI=1S/C21H19F3N6O2/c1-28-17-4-2-12(6-13(17)3-5-18(28)31)14-7-16(22)20(26-9-14)29-11-27-30(21(29)32)10-15(8-25)19(23)24/h2,4,6-7,9,11H,3,5,8,10,25H2,1H3. The molecule has 0 spiro atoms. The molecule has 0 bridgehead atoms. The van der Waals surface area contributed by atoms with Crippen molar-refractivity contribution in [2.45, 2.75) is 19.4 Å². The van der Waals surface area contributed by atoms with Crippen LogP contribution in [0.4, 0.5) is 18.9 Å². The smallest absolute Gasteiger partial charge is 0.327 e. The summed E-state index contributed by atoms with van der Waals surface area (Å²) in [5.41, 5.74) is 6.98. The Kier molecular flexibility index (Phi) is 5.66. The Morgan fingerprint density at radius 3 is 2.62 bits per heavy atom. The quantitative estimate of drug-likeness (QED) is 0.651. The lowest BCUT2D eigenvalue weighted by atomic mass is 9.97. The number of aromatic nitrogens is 4. The monoisotopic (exact) mass is 444 g/mol. The van der Waals surface area contributed by atoms with E-state index < -0.39 is 36.3 Å². The summed E-state index contributed by atoms with van der Waals surface area (Å²) >= 11 is 0. The van der Waals surface area contributed by atoms with Crippen LogP contribution in [-0.2, 0) is 17.8 Å². The lowest BCUT2D eigenvalue weighted by molar-refractivity contribution is -0.118. The zero-order chi connectivity index (χ0) is 23.0. The first-order chi connectivity index (χ1) is 15.3. The SMILES string of the molecule is CN1C(=O)CCc2cc(-c3cnc(-n4cnn(CC(CN)=C(F)F)c4=O)c(F)c3)ccc21. The van der Waals surface area contributed by atoms with Crippen molar-refractivity contribution in [3.8, 4) is 16.9 Å². The number of hydrogen-bond donors (Lipinski definition) is 1. The third-order valence-electron chi connectivity index (χ3n) is 5.39. The maximum absolute atomic E-state index is 14.9. The van der Waals surface area contributed by atoms with Gasteiger partial charge >= 0.3 is 5.69 Å². The van der Waals surface area contributed by atoms with Crippen LogP contribution in [0.15, 0.2) is 53.2 Å². The number of anilines is 1. The minimum absolute atomic E-state index is 0.0385. The van der Waals surface area contributed by atoms with Crippen molar-refractivity contribution in [1.82, 2.24) is 19.3 Å². The van der Waals surface area contributed by atoms with Crippen LogP contribution in [0.5, 0.6) is 0 Å². The molecule has 4 rings (SSSR count). The van der Waals surface area contributed by atoms with Gasteiger partial charge in [0.1, 0.15) is 6.33 Å². The second-order valence-corrected chi connectivity index (χ2v) is 7.33. The van der Waals surface area contributed by atoms with Gasteiger partial charge in [-0.05, 0) is 35.7 Å². The predicted octanol–water partition coefficient (Wildman–Crippen LogP) is 2.25. The van der Waals surface area contributed by atoms with Crippen molar-refractivity contribution in [2.75, 3.05) is 18.5 Å². The number of hydrogen-bond acceptors (Lipinski definition) is 5. The van der Waals surface area contributed by atoms with Crippen LogP contribution in [0, 0.1) is 5.82 Å². The molecule has 1 aliphatic heterocycles. The molecule has 3 heterocycles. The van der Waals surface area contributed by atoms with Crippen LogP contribution in [0.2, 0.25) is 0 Å².